The Morgan fingerprint density at radius 1 is 1.00 bits per heavy atom. The van der Waals surface area contributed by atoms with E-state index in [0.29, 0.717) is 16.3 Å². The van der Waals surface area contributed by atoms with Gasteiger partial charge in [-0.15, -0.1) is 5.10 Å². The Bertz CT molecular complexity index is 1510. The van der Waals surface area contributed by atoms with Crippen molar-refractivity contribution in [2.75, 3.05) is 6.61 Å². The van der Waals surface area contributed by atoms with Gasteiger partial charge in [0.1, 0.15) is 5.69 Å². The van der Waals surface area contributed by atoms with Gasteiger partial charge in [-0.1, -0.05) is 77.0 Å². The molecule has 0 unspecified atom stereocenters. The zero-order valence-electron chi connectivity index (χ0n) is 19.4. The van der Waals surface area contributed by atoms with E-state index in [1.165, 1.54) is 5.56 Å². The number of hydrogen-bond donors (Lipinski definition) is 0. The molecule has 0 saturated carbocycles. The topological polar surface area (TPSA) is 69.9 Å². The zero-order chi connectivity index (χ0) is 24.4. The molecule has 0 radical (unpaired) electrons. The maximum Gasteiger partial charge on any atom is 0.340 e. The van der Waals surface area contributed by atoms with Crippen LogP contribution in [-0.4, -0.2) is 32.6 Å². The van der Waals surface area contributed by atoms with Crippen LogP contribution in [-0.2, 0) is 11.3 Å². The third kappa shape index (κ3) is 4.66. The van der Waals surface area contributed by atoms with Crippen LogP contribution in [0.25, 0.3) is 33.3 Å². The summed E-state index contributed by atoms with van der Waals surface area (Å²) in [7, 11) is 0. The lowest BCUT2D eigenvalue weighted by molar-refractivity contribution is 0.0525. The lowest BCUT2D eigenvalue weighted by atomic mass is 9.94. The number of esters is 1. The smallest absolute Gasteiger partial charge is 0.340 e. The fraction of sp³-hybridized carbons (Fsp3) is 0.143. The minimum atomic E-state index is -0.436. The Hall–Kier alpha value is -4.03. The van der Waals surface area contributed by atoms with Crippen LogP contribution in [0.2, 0.25) is 5.02 Å². The van der Waals surface area contributed by atoms with Crippen molar-refractivity contribution >= 4 is 28.5 Å². The predicted octanol–water partition coefficient (Wildman–Crippen LogP) is 6.35. The van der Waals surface area contributed by atoms with E-state index >= 15 is 0 Å². The van der Waals surface area contributed by atoms with Gasteiger partial charge in [-0.25, -0.2) is 14.5 Å². The minimum Gasteiger partial charge on any atom is -0.462 e. The second-order valence-corrected chi connectivity index (χ2v) is 8.66. The molecule has 0 spiro atoms. The van der Waals surface area contributed by atoms with Gasteiger partial charge in [0.2, 0.25) is 0 Å². The number of benzene rings is 3. The molecule has 0 aliphatic rings. The van der Waals surface area contributed by atoms with Gasteiger partial charge in [0.25, 0.3) is 0 Å². The predicted molar refractivity (Wildman–Crippen MR) is 137 cm³/mol. The maximum absolute atomic E-state index is 13.3. The molecule has 0 amide bonds. The molecule has 5 aromatic rings. The van der Waals surface area contributed by atoms with Crippen molar-refractivity contribution in [3.63, 3.8) is 0 Å². The van der Waals surface area contributed by atoms with Crippen LogP contribution in [0.3, 0.4) is 0 Å². The molecule has 3 aromatic carbocycles. The van der Waals surface area contributed by atoms with E-state index in [0.717, 1.165) is 33.3 Å². The lowest BCUT2D eigenvalue weighted by Gasteiger charge is -2.17. The molecule has 35 heavy (non-hydrogen) atoms. The number of fused-ring (bicyclic) bond motifs is 1. The van der Waals surface area contributed by atoms with E-state index < -0.39 is 5.97 Å². The normalized spacial score (nSPS) is 11.1. The zero-order valence-corrected chi connectivity index (χ0v) is 20.2. The highest BCUT2D eigenvalue weighted by Crippen LogP contribution is 2.35. The molecule has 0 aliphatic heterocycles. The summed E-state index contributed by atoms with van der Waals surface area (Å²) >= 11 is 6.35. The third-order valence-electron chi connectivity index (χ3n) is 5.76. The molecular formula is C28H23ClN4O2. The molecule has 0 bridgehead atoms. The number of hydrogen-bond acceptors (Lipinski definition) is 5. The molecule has 0 aliphatic carbocycles. The second-order valence-electron chi connectivity index (χ2n) is 8.22. The van der Waals surface area contributed by atoms with Gasteiger partial charge in [-0.2, -0.15) is 0 Å². The maximum atomic E-state index is 13.3. The number of carbonyl (C=O) groups is 1. The summed E-state index contributed by atoms with van der Waals surface area (Å²) < 4.78 is 7.17. The fourth-order valence-corrected chi connectivity index (χ4v) is 4.29. The number of nitrogens with zero attached hydrogens (tertiary/aromatic N) is 4. The first-order chi connectivity index (χ1) is 17.0. The van der Waals surface area contributed by atoms with E-state index in [1.807, 2.05) is 79.9 Å². The van der Waals surface area contributed by atoms with Crippen LogP contribution in [0.1, 0.15) is 28.5 Å². The van der Waals surface area contributed by atoms with Crippen molar-refractivity contribution in [1.82, 2.24) is 20.0 Å². The summed E-state index contributed by atoms with van der Waals surface area (Å²) in [5.41, 5.74) is 6.20. The highest BCUT2D eigenvalue weighted by Gasteiger charge is 2.24. The Morgan fingerprint density at radius 3 is 2.51 bits per heavy atom. The molecule has 0 N–H and O–H groups in total. The van der Waals surface area contributed by atoms with Crippen LogP contribution in [0.4, 0.5) is 0 Å². The van der Waals surface area contributed by atoms with Crippen molar-refractivity contribution in [3.8, 4) is 22.4 Å². The number of aromatic nitrogens is 4. The van der Waals surface area contributed by atoms with E-state index in [2.05, 4.69) is 10.3 Å². The summed E-state index contributed by atoms with van der Waals surface area (Å²) in [6.45, 7) is 4.34. The largest absolute Gasteiger partial charge is 0.462 e. The molecule has 6 nitrogen and oxygen atoms in total. The molecule has 0 fully saturated rings. The average Bonchev–Trinajstić information content (AvgIpc) is 3.33. The van der Waals surface area contributed by atoms with Gasteiger partial charge in [-0.05, 0) is 37.6 Å². The van der Waals surface area contributed by atoms with Crippen molar-refractivity contribution < 1.29 is 9.53 Å². The number of carbonyl (C=O) groups excluding carboxylic acids is 1. The Balaban J connectivity index is 1.68. The summed E-state index contributed by atoms with van der Waals surface area (Å²) in [5.74, 6) is -0.436. The number of halogens is 1. The van der Waals surface area contributed by atoms with E-state index in [4.69, 9.17) is 21.3 Å². The molecule has 2 heterocycles. The minimum absolute atomic E-state index is 0.251. The Kier molecular flexibility index (Phi) is 6.29. The first-order valence-electron chi connectivity index (χ1n) is 11.4. The monoisotopic (exact) mass is 482 g/mol. The first kappa shape index (κ1) is 22.7. The van der Waals surface area contributed by atoms with Crippen LogP contribution in [0, 0.1) is 6.92 Å². The van der Waals surface area contributed by atoms with Gasteiger partial charge >= 0.3 is 5.97 Å². The number of pyridine rings is 1. The van der Waals surface area contributed by atoms with Gasteiger partial charge in [-0.3, -0.25) is 0 Å². The van der Waals surface area contributed by atoms with Crippen molar-refractivity contribution in [3.05, 3.63) is 101 Å². The standard InChI is InChI=1S/C28H23ClN4O2/c1-3-35-28(34)27-25(17-33-16-24(31-32-33)19-11-9-18(2)10-12-19)30-23-14-13-21(29)15-22(23)26(27)20-7-5-4-6-8-20/h4-16H,3,17H2,1-2H3. The molecule has 0 saturated heterocycles. The summed E-state index contributed by atoms with van der Waals surface area (Å²) in [4.78, 5) is 18.1. The molecule has 7 heteroatoms. The van der Waals surface area contributed by atoms with E-state index in [9.17, 15) is 4.79 Å². The van der Waals surface area contributed by atoms with Gasteiger partial charge in [0.15, 0.2) is 0 Å². The molecule has 2 aromatic heterocycles. The van der Waals surface area contributed by atoms with Crippen molar-refractivity contribution in [2.45, 2.75) is 20.4 Å². The SMILES string of the molecule is CCOC(=O)c1c(Cn2cc(-c3ccc(C)cc3)nn2)nc2ccc(Cl)cc2c1-c1ccccc1. The molecule has 5 rings (SSSR count). The lowest BCUT2D eigenvalue weighted by Crippen LogP contribution is -2.15. The second kappa shape index (κ2) is 9.68. The van der Waals surface area contributed by atoms with Crippen molar-refractivity contribution in [2.24, 2.45) is 0 Å². The number of aryl methyl sites for hydroxylation is 1. The quantitative estimate of drug-likeness (QED) is 0.264. The number of ether oxygens (including phenoxy) is 1. The third-order valence-corrected chi connectivity index (χ3v) is 6.00. The van der Waals surface area contributed by atoms with Crippen LogP contribution in [0.5, 0.6) is 0 Å². The van der Waals surface area contributed by atoms with Gasteiger partial charge in [0, 0.05) is 21.5 Å². The van der Waals surface area contributed by atoms with E-state index in [1.54, 1.807) is 17.7 Å². The van der Waals surface area contributed by atoms with Crippen LogP contribution < -0.4 is 0 Å². The van der Waals surface area contributed by atoms with Crippen molar-refractivity contribution in [1.29, 1.82) is 0 Å². The Labute approximate surface area is 208 Å². The molecule has 174 valence electrons. The van der Waals surface area contributed by atoms with E-state index in [-0.39, 0.29) is 13.2 Å². The van der Waals surface area contributed by atoms with Crippen LogP contribution in [0.15, 0.2) is 79.0 Å². The Morgan fingerprint density at radius 2 is 1.77 bits per heavy atom. The van der Waals surface area contributed by atoms with Gasteiger partial charge in [0.05, 0.1) is 36.1 Å². The van der Waals surface area contributed by atoms with Crippen LogP contribution >= 0.6 is 11.6 Å². The summed E-state index contributed by atoms with van der Waals surface area (Å²) in [5, 5.41) is 9.99. The highest BCUT2D eigenvalue weighted by atomic mass is 35.5. The highest BCUT2D eigenvalue weighted by molar-refractivity contribution is 6.31. The molecule has 0 atom stereocenters. The van der Waals surface area contributed by atoms with Gasteiger partial charge < -0.3 is 4.74 Å². The number of rotatable bonds is 6. The average molecular weight is 483 g/mol. The fourth-order valence-electron chi connectivity index (χ4n) is 4.11. The summed E-state index contributed by atoms with van der Waals surface area (Å²) in [6, 6.07) is 23.3. The first-order valence-corrected chi connectivity index (χ1v) is 11.7. The molecular weight excluding hydrogens is 460 g/mol. The summed E-state index contributed by atoms with van der Waals surface area (Å²) in [6.07, 6.45) is 1.86.